The van der Waals surface area contributed by atoms with E-state index in [-0.39, 0.29) is 18.0 Å². The van der Waals surface area contributed by atoms with Gasteiger partial charge in [-0.05, 0) is 26.8 Å². The quantitative estimate of drug-likeness (QED) is 0.795. The molecule has 0 radical (unpaired) electrons. The van der Waals surface area contributed by atoms with E-state index in [1.165, 1.54) is 0 Å². The molecule has 1 amide bonds. The molecule has 0 aliphatic carbocycles. The summed E-state index contributed by atoms with van der Waals surface area (Å²) in [6.45, 7) is 6.06. The summed E-state index contributed by atoms with van der Waals surface area (Å²) >= 11 is 0. The molecule has 0 aromatic carbocycles. The molecule has 0 unspecified atom stereocenters. The van der Waals surface area contributed by atoms with Gasteiger partial charge in [0.2, 0.25) is 5.91 Å². The molecule has 6 nitrogen and oxygen atoms in total. The van der Waals surface area contributed by atoms with Crippen molar-refractivity contribution in [3.05, 3.63) is 0 Å². The summed E-state index contributed by atoms with van der Waals surface area (Å²) in [6, 6.07) is 0. The number of hydrogen-bond acceptors (Lipinski definition) is 4. The molecule has 2 aliphatic rings. The van der Waals surface area contributed by atoms with Gasteiger partial charge in [0.25, 0.3) is 0 Å². The minimum absolute atomic E-state index is 0.0483. The lowest BCUT2D eigenvalue weighted by atomic mass is 9.86. The Morgan fingerprint density at radius 2 is 2.05 bits per heavy atom. The van der Waals surface area contributed by atoms with Crippen LogP contribution in [0.4, 0.5) is 0 Å². The van der Waals surface area contributed by atoms with Crippen molar-refractivity contribution in [2.24, 2.45) is 0 Å². The fourth-order valence-corrected chi connectivity index (χ4v) is 3.44. The van der Waals surface area contributed by atoms with Crippen LogP contribution in [0.1, 0.15) is 26.2 Å². The van der Waals surface area contributed by atoms with Crippen LogP contribution in [0.25, 0.3) is 0 Å². The van der Waals surface area contributed by atoms with E-state index in [4.69, 9.17) is 5.11 Å². The first kappa shape index (κ1) is 15.3. The number of carboxylic acid groups (broad SMARTS) is 1. The van der Waals surface area contributed by atoms with E-state index in [1.54, 1.807) is 0 Å². The molecule has 20 heavy (non-hydrogen) atoms. The molecule has 2 heterocycles. The van der Waals surface area contributed by atoms with E-state index in [0.29, 0.717) is 6.42 Å². The van der Waals surface area contributed by atoms with Gasteiger partial charge in [-0.3, -0.25) is 19.4 Å². The molecule has 0 aromatic heterocycles. The Labute approximate surface area is 120 Å². The van der Waals surface area contributed by atoms with Gasteiger partial charge in [0.05, 0.1) is 6.54 Å². The zero-order valence-corrected chi connectivity index (χ0v) is 12.5. The highest BCUT2D eigenvalue weighted by atomic mass is 16.4. The molecule has 2 fully saturated rings. The second-order valence-corrected chi connectivity index (χ2v) is 5.97. The SMILES string of the molecule is CCN1CC[C@@]2(CCC1=O)CN(CC(=O)O)CCN2C. The predicted octanol–water partition coefficient (Wildman–Crippen LogP) is 0.0896. The maximum atomic E-state index is 12.0. The molecule has 114 valence electrons. The molecule has 2 aliphatic heterocycles. The van der Waals surface area contributed by atoms with Gasteiger partial charge >= 0.3 is 5.97 Å². The summed E-state index contributed by atoms with van der Waals surface area (Å²) in [5.74, 6) is -0.544. The fraction of sp³-hybridized carbons (Fsp3) is 0.857. The van der Waals surface area contributed by atoms with Gasteiger partial charge in [-0.2, -0.15) is 0 Å². The Morgan fingerprint density at radius 3 is 2.70 bits per heavy atom. The first-order chi connectivity index (χ1) is 9.47. The standard InChI is InChI=1S/C14H25N3O3/c1-3-17-7-6-14(5-4-12(17)18)11-16(10-13(19)20)9-8-15(14)2/h3-11H2,1-2H3,(H,19,20)/t14-/m0/s1. The normalized spacial score (nSPS) is 29.7. The average Bonchev–Trinajstić information content (AvgIpc) is 2.55. The van der Waals surface area contributed by atoms with Crippen LogP contribution in [0.15, 0.2) is 0 Å². The minimum atomic E-state index is -0.774. The number of rotatable bonds is 3. The van der Waals surface area contributed by atoms with Crippen molar-refractivity contribution in [3.63, 3.8) is 0 Å². The number of likely N-dealkylation sites (N-methyl/N-ethyl adjacent to an activating group) is 1. The van der Waals surface area contributed by atoms with Crippen LogP contribution in [0, 0.1) is 0 Å². The molecule has 0 aromatic rings. The minimum Gasteiger partial charge on any atom is -0.480 e. The van der Waals surface area contributed by atoms with Crippen molar-refractivity contribution in [1.82, 2.24) is 14.7 Å². The molecule has 1 N–H and O–H groups in total. The van der Waals surface area contributed by atoms with Gasteiger partial charge in [-0.25, -0.2) is 0 Å². The Balaban J connectivity index is 2.10. The van der Waals surface area contributed by atoms with Gasteiger partial charge in [0, 0.05) is 44.7 Å². The maximum Gasteiger partial charge on any atom is 0.317 e. The van der Waals surface area contributed by atoms with E-state index < -0.39 is 5.97 Å². The number of piperazine rings is 1. The molecule has 2 saturated heterocycles. The number of aliphatic carboxylic acids is 1. The molecular formula is C14H25N3O3. The molecule has 2 rings (SSSR count). The number of carbonyl (C=O) groups is 2. The smallest absolute Gasteiger partial charge is 0.317 e. The Bertz CT molecular complexity index is 388. The van der Waals surface area contributed by atoms with E-state index >= 15 is 0 Å². The molecule has 0 saturated carbocycles. The third-order valence-corrected chi connectivity index (χ3v) is 4.82. The zero-order chi connectivity index (χ0) is 14.8. The number of carboxylic acids is 1. The van der Waals surface area contributed by atoms with Gasteiger partial charge in [-0.1, -0.05) is 0 Å². The molecule has 1 spiro atoms. The molecule has 0 bridgehead atoms. The molecular weight excluding hydrogens is 258 g/mol. The van der Waals surface area contributed by atoms with E-state index in [9.17, 15) is 9.59 Å². The largest absolute Gasteiger partial charge is 0.480 e. The monoisotopic (exact) mass is 283 g/mol. The summed E-state index contributed by atoms with van der Waals surface area (Å²) < 4.78 is 0. The van der Waals surface area contributed by atoms with Crippen LogP contribution in [-0.2, 0) is 9.59 Å². The highest BCUT2D eigenvalue weighted by molar-refractivity contribution is 5.76. The van der Waals surface area contributed by atoms with Crippen molar-refractivity contribution in [1.29, 1.82) is 0 Å². The second-order valence-electron chi connectivity index (χ2n) is 5.97. The van der Waals surface area contributed by atoms with Crippen LogP contribution in [0.2, 0.25) is 0 Å². The lowest BCUT2D eigenvalue weighted by Gasteiger charge is -2.49. The zero-order valence-electron chi connectivity index (χ0n) is 12.5. The average molecular weight is 283 g/mol. The first-order valence-corrected chi connectivity index (χ1v) is 7.40. The van der Waals surface area contributed by atoms with Crippen molar-refractivity contribution in [2.75, 3.05) is 46.3 Å². The van der Waals surface area contributed by atoms with Crippen molar-refractivity contribution >= 4 is 11.9 Å². The van der Waals surface area contributed by atoms with Crippen molar-refractivity contribution in [3.8, 4) is 0 Å². The van der Waals surface area contributed by atoms with Gasteiger partial charge < -0.3 is 10.0 Å². The van der Waals surface area contributed by atoms with Crippen LogP contribution < -0.4 is 0 Å². The van der Waals surface area contributed by atoms with E-state index in [2.05, 4.69) is 11.9 Å². The third kappa shape index (κ3) is 3.12. The fourth-order valence-electron chi connectivity index (χ4n) is 3.44. The van der Waals surface area contributed by atoms with Crippen LogP contribution in [0.5, 0.6) is 0 Å². The predicted molar refractivity (Wildman–Crippen MR) is 75.5 cm³/mol. The maximum absolute atomic E-state index is 12.0. The van der Waals surface area contributed by atoms with E-state index in [0.717, 1.165) is 45.6 Å². The summed E-state index contributed by atoms with van der Waals surface area (Å²) in [4.78, 5) is 29.2. The molecule has 1 atom stereocenters. The third-order valence-electron chi connectivity index (χ3n) is 4.82. The highest BCUT2D eigenvalue weighted by Gasteiger charge is 2.42. The topological polar surface area (TPSA) is 64.1 Å². The number of hydrogen-bond donors (Lipinski definition) is 1. The summed E-state index contributed by atoms with van der Waals surface area (Å²) in [7, 11) is 2.10. The summed E-state index contributed by atoms with van der Waals surface area (Å²) in [5.41, 5.74) is -0.0483. The number of nitrogens with zero attached hydrogens (tertiary/aromatic N) is 3. The molecule has 6 heteroatoms. The van der Waals surface area contributed by atoms with Crippen LogP contribution in [0.3, 0.4) is 0 Å². The highest BCUT2D eigenvalue weighted by Crippen LogP contribution is 2.31. The van der Waals surface area contributed by atoms with Gasteiger partial charge in [0.15, 0.2) is 0 Å². The Morgan fingerprint density at radius 1 is 1.30 bits per heavy atom. The number of amides is 1. The number of carbonyl (C=O) groups excluding carboxylic acids is 1. The Kier molecular flexibility index (Phi) is 4.65. The first-order valence-electron chi connectivity index (χ1n) is 7.40. The lowest BCUT2D eigenvalue weighted by molar-refractivity contribution is -0.140. The van der Waals surface area contributed by atoms with Crippen LogP contribution >= 0.6 is 0 Å². The Hall–Kier alpha value is -1.14. The van der Waals surface area contributed by atoms with Crippen molar-refractivity contribution in [2.45, 2.75) is 31.7 Å². The van der Waals surface area contributed by atoms with Gasteiger partial charge in [0.1, 0.15) is 0 Å². The lowest BCUT2D eigenvalue weighted by Crippen LogP contribution is -2.61. The second kappa shape index (κ2) is 6.10. The number of likely N-dealkylation sites (tertiary alicyclic amines) is 1. The summed E-state index contributed by atoms with van der Waals surface area (Å²) in [5, 5.41) is 8.98. The van der Waals surface area contributed by atoms with E-state index in [1.807, 2.05) is 16.7 Å². The van der Waals surface area contributed by atoms with Crippen LogP contribution in [-0.4, -0.2) is 83.5 Å². The van der Waals surface area contributed by atoms with Gasteiger partial charge in [-0.15, -0.1) is 0 Å². The van der Waals surface area contributed by atoms with Crippen molar-refractivity contribution < 1.29 is 14.7 Å². The summed E-state index contributed by atoms with van der Waals surface area (Å²) in [6.07, 6.45) is 2.33.